The molecule has 0 aliphatic carbocycles. The van der Waals surface area contributed by atoms with Gasteiger partial charge in [0.1, 0.15) is 0 Å². The summed E-state index contributed by atoms with van der Waals surface area (Å²) < 4.78 is 5.85. The summed E-state index contributed by atoms with van der Waals surface area (Å²) in [6.45, 7) is 5.61. The zero-order valence-corrected chi connectivity index (χ0v) is 12.7. The molecule has 0 aromatic heterocycles. The molecular formula is C16H25N3O2. The van der Waals surface area contributed by atoms with Crippen molar-refractivity contribution in [2.75, 3.05) is 31.6 Å². The minimum absolute atomic E-state index is 0.395. The number of hydrogen-bond acceptors (Lipinski definition) is 4. The lowest BCUT2D eigenvalue weighted by atomic mass is 10.1. The molecule has 0 atom stereocenters. The third-order valence-corrected chi connectivity index (χ3v) is 3.72. The molecule has 1 amide bonds. The van der Waals surface area contributed by atoms with Crippen molar-refractivity contribution in [2.45, 2.75) is 32.3 Å². The van der Waals surface area contributed by atoms with E-state index in [9.17, 15) is 4.79 Å². The van der Waals surface area contributed by atoms with Crippen LogP contribution < -0.4 is 16.4 Å². The number of nitrogens with one attached hydrogen (secondary N) is 2. The molecule has 21 heavy (non-hydrogen) atoms. The van der Waals surface area contributed by atoms with Crippen LogP contribution in [0, 0.1) is 6.92 Å². The first-order chi connectivity index (χ1) is 10.2. The number of benzene rings is 1. The van der Waals surface area contributed by atoms with E-state index in [0.717, 1.165) is 56.8 Å². The summed E-state index contributed by atoms with van der Waals surface area (Å²) >= 11 is 0. The lowest BCUT2D eigenvalue weighted by Crippen LogP contribution is -2.32. The molecule has 5 heteroatoms. The third kappa shape index (κ3) is 5.02. The van der Waals surface area contributed by atoms with E-state index >= 15 is 0 Å². The van der Waals surface area contributed by atoms with Crippen molar-refractivity contribution in [3.8, 4) is 0 Å². The quantitative estimate of drug-likeness (QED) is 0.668. The molecule has 5 nitrogen and oxygen atoms in total. The Morgan fingerprint density at radius 1 is 1.43 bits per heavy atom. The van der Waals surface area contributed by atoms with Crippen molar-refractivity contribution >= 4 is 11.6 Å². The minimum atomic E-state index is -0.400. The average molecular weight is 291 g/mol. The summed E-state index contributed by atoms with van der Waals surface area (Å²) in [7, 11) is 0. The molecule has 1 aromatic carbocycles. The Morgan fingerprint density at radius 3 is 2.90 bits per heavy atom. The lowest BCUT2D eigenvalue weighted by Gasteiger charge is -2.23. The number of carbonyl (C=O) groups is 1. The van der Waals surface area contributed by atoms with Crippen molar-refractivity contribution in [1.29, 1.82) is 0 Å². The van der Waals surface area contributed by atoms with Crippen molar-refractivity contribution in [3.05, 3.63) is 29.3 Å². The first-order valence-electron chi connectivity index (χ1n) is 7.63. The number of ether oxygens (including phenoxy) is 1. The van der Waals surface area contributed by atoms with Gasteiger partial charge >= 0.3 is 0 Å². The second-order valence-electron chi connectivity index (χ2n) is 5.51. The Bertz CT molecular complexity index is 471. The first kappa shape index (κ1) is 15.8. The van der Waals surface area contributed by atoms with Crippen LogP contribution in [0.15, 0.2) is 18.2 Å². The van der Waals surface area contributed by atoms with Crippen LogP contribution in [0.1, 0.15) is 35.2 Å². The molecule has 0 radical (unpaired) electrons. The maximum absolute atomic E-state index is 11.4. The number of rotatable bonds is 7. The molecule has 1 aliphatic heterocycles. The number of hydrogen-bond donors (Lipinski definition) is 3. The van der Waals surface area contributed by atoms with E-state index in [1.54, 1.807) is 6.07 Å². The molecule has 1 saturated heterocycles. The fourth-order valence-corrected chi connectivity index (χ4v) is 2.53. The minimum Gasteiger partial charge on any atom is -0.384 e. The maximum atomic E-state index is 11.4. The number of carbonyl (C=O) groups excluding carboxylic acids is 1. The van der Waals surface area contributed by atoms with Gasteiger partial charge in [-0.05, 0) is 57.0 Å². The molecule has 0 saturated carbocycles. The molecule has 1 aliphatic rings. The van der Waals surface area contributed by atoms with E-state index < -0.39 is 5.91 Å². The van der Waals surface area contributed by atoms with E-state index in [2.05, 4.69) is 10.6 Å². The summed E-state index contributed by atoms with van der Waals surface area (Å²) in [5.41, 5.74) is 7.84. The van der Waals surface area contributed by atoms with Crippen LogP contribution >= 0.6 is 0 Å². The summed E-state index contributed by atoms with van der Waals surface area (Å²) in [6, 6.07) is 5.62. The van der Waals surface area contributed by atoms with Gasteiger partial charge in [-0.25, -0.2) is 0 Å². The zero-order valence-electron chi connectivity index (χ0n) is 12.7. The van der Waals surface area contributed by atoms with Gasteiger partial charge < -0.3 is 21.1 Å². The van der Waals surface area contributed by atoms with Crippen LogP contribution in [0.3, 0.4) is 0 Å². The molecular weight excluding hydrogens is 266 g/mol. The molecule has 4 N–H and O–H groups in total. The SMILES string of the molecule is Cc1ccc(C(N)=O)c(NCCCOC2CCNCC2)c1. The Balaban J connectivity index is 1.73. The number of nitrogens with two attached hydrogens (primary N) is 1. The Hall–Kier alpha value is -1.59. The number of aryl methyl sites for hydroxylation is 1. The van der Waals surface area contributed by atoms with Crippen molar-refractivity contribution in [2.24, 2.45) is 5.73 Å². The van der Waals surface area contributed by atoms with Gasteiger partial charge in [0.2, 0.25) is 0 Å². The van der Waals surface area contributed by atoms with Crippen molar-refractivity contribution < 1.29 is 9.53 Å². The van der Waals surface area contributed by atoms with Gasteiger partial charge in [0.25, 0.3) is 5.91 Å². The van der Waals surface area contributed by atoms with E-state index in [-0.39, 0.29) is 0 Å². The van der Waals surface area contributed by atoms with Gasteiger partial charge in [0.15, 0.2) is 0 Å². The number of amides is 1. The molecule has 0 unspecified atom stereocenters. The maximum Gasteiger partial charge on any atom is 0.250 e. The van der Waals surface area contributed by atoms with E-state index in [4.69, 9.17) is 10.5 Å². The van der Waals surface area contributed by atoms with Gasteiger partial charge in [-0.2, -0.15) is 0 Å². The van der Waals surface area contributed by atoms with Crippen LogP contribution in [0.2, 0.25) is 0 Å². The normalized spacial score (nSPS) is 15.9. The summed E-state index contributed by atoms with van der Waals surface area (Å²) in [5.74, 6) is -0.400. The highest BCUT2D eigenvalue weighted by atomic mass is 16.5. The van der Waals surface area contributed by atoms with Crippen molar-refractivity contribution in [3.63, 3.8) is 0 Å². The van der Waals surface area contributed by atoms with Gasteiger partial charge in [-0.3, -0.25) is 4.79 Å². The number of anilines is 1. The van der Waals surface area contributed by atoms with Gasteiger partial charge in [-0.1, -0.05) is 6.07 Å². The van der Waals surface area contributed by atoms with Crippen LogP contribution in [0.25, 0.3) is 0 Å². The summed E-state index contributed by atoms with van der Waals surface area (Å²) in [4.78, 5) is 11.4. The van der Waals surface area contributed by atoms with E-state index in [1.165, 1.54) is 0 Å². The monoisotopic (exact) mass is 291 g/mol. The standard InChI is InChI=1S/C16H25N3O2/c1-12-3-4-14(16(17)20)15(11-12)19-7-2-10-21-13-5-8-18-9-6-13/h3-4,11,13,18-19H,2,5-10H2,1H3,(H2,17,20). The highest BCUT2D eigenvalue weighted by Gasteiger charge is 2.12. The zero-order chi connectivity index (χ0) is 15.1. The second-order valence-corrected chi connectivity index (χ2v) is 5.51. The van der Waals surface area contributed by atoms with E-state index in [1.807, 2.05) is 19.1 Å². The van der Waals surface area contributed by atoms with Crippen LogP contribution in [-0.4, -0.2) is 38.3 Å². The molecule has 0 spiro atoms. The predicted octanol–water partition coefficient (Wildman–Crippen LogP) is 1.66. The molecule has 0 bridgehead atoms. The van der Waals surface area contributed by atoms with Crippen LogP contribution in [-0.2, 0) is 4.74 Å². The predicted molar refractivity (Wildman–Crippen MR) is 84.6 cm³/mol. The molecule has 1 fully saturated rings. The third-order valence-electron chi connectivity index (χ3n) is 3.72. The highest BCUT2D eigenvalue weighted by molar-refractivity contribution is 5.98. The largest absolute Gasteiger partial charge is 0.384 e. The van der Waals surface area contributed by atoms with E-state index in [0.29, 0.717) is 11.7 Å². The van der Waals surface area contributed by atoms with Gasteiger partial charge in [0, 0.05) is 18.8 Å². The highest BCUT2D eigenvalue weighted by Crippen LogP contribution is 2.17. The molecule has 116 valence electrons. The molecule has 1 heterocycles. The van der Waals surface area contributed by atoms with Crippen molar-refractivity contribution in [1.82, 2.24) is 5.32 Å². The number of primary amides is 1. The summed E-state index contributed by atoms with van der Waals surface area (Å²) in [6.07, 6.45) is 3.50. The Morgan fingerprint density at radius 2 is 2.19 bits per heavy atom. The topological polar surface area (TPSA) is 76.4 Å². The van der Waals surface area contributed by atoms with Crippen LogP contribution in [0.5, 0.6) is 0 Å². The summed E-state index contributed by atoms with van der Waals surface area (Å²) in [5, 5.41) is 6.60. The second kappa shape index (κ2) is 8.00. The lowest BCUT2D eigenvalue weighted by molar-refractivity contribution is 0.0329. The Labute approximate surface area is 126 Å². The fraction of sp³-hybridized carbons (Fsp3) is 0.562. The number of piperidine rings is 1. The molecule has 2 rings (SSSR count). The fourth-order valence-electron chi connectivity index (χ4n) is 2.53. The Kier molecular flexibility index (Phi) is 6.02. The van der Waals surface area contributed by atoms with Gasteiger partial charge in [0.05, 0.1) is 11.7 Å². The first-order valence-corrected chi connectivity index (χ1v) is 7.63. The van der Waals surface area contributed by atoms with Gasteiger partial charge in [-0.15, -0.1) is 0 Å². The average Bonchev–Trinajstić information content (AvgIpc) is 2.48. The smallest absolute Gasteiger partial charge is 0.250 e. The molecule has 1 aromatic rings. The van der Waals surface area contributed by atoms with Crippen LogP contribution in [0.4, 0.5) is 5.69 Å².